The Balaban J connectivity index is 0.000000479. The lowest BCUT2D eigenvalue weighted by molar-refractivity contribution is -0.192. The molecule has 3 heterocycles. The Labute approximate surface area is 209 Å². The molecule has 0 bridgehead atoms. The van der Waals surface area contributed by atoms with Crippen LogP contribution < -0.4 is 10.6 Å². The number of rotatable bonds is 4. The number of nitrogens with zero attached hydrogens (tertiary/aromatic N) is 2. The summed E-state index contributed by atoms with van der Waals surface area (Å²) in [6.45, 7) is 2.22. The molecular weight excluding hydrogens is 500 g/mol. The van der Waals surface area contributed by atoms with E-state index in [2.05, 4.69) is 15.6 Å². The monoisotopic (exact) mass is 526 g/mol. The third-order valence-electron chi connectivity index (χ3n) is 6.24. The molecule has 2 aliphatic rings. The van der Waals surface area contributed by atoms with Gasteiger partial charge in [-0.3, -0.25) is 9.78 Å². The number of likely N-dealkylation sites (tertiary alicyclic amines) is 1. The van der Waals surface area contributed by atoms with E-state index in [4.69, 9.17) is 14.6 Å². The number of hydrogen-bond acceptors (Lipinski definition) is 5. The summed E-state index contributed by atoms with van der Waals surface area (Å²) in [5, 5.41) is 12.9. The molecule has 13 heteroatoms. The van der Waals surface area contributed by atoms with Crippen molar-refractivity contribution in [2.75, 3.05) is 31.6 Å². The molecule has 200 valence electrons. The first-order valence-electron chi connectivity index (χ1n) is 11.4. The fraction of sp³-hybridized carbons (Fsp3) is 0.417. The number of aliphatic carboxylic acids is 1. The van der Waals surface area contributed by atoms with E-state index in [9.17, 15) is 27.2 Å². The number of carbonyl (C=O) groups excluding carboxylic acids is 2. The average Bonchev–Trinajstić information content (AvgIpc) is 3.22. The molecule has 0 aliphatic carbocycles. The Morgan fingerprint density at radius 3 is 2.46 bits per heavy atom. The number of aromatic nitrogens is 1. The molecule has 1 spiro atoms. The van der Waals surface area contributed by atoms with Crippen LogP contribution in [-0.2, 0) is 20.9 Å². The van der Waals surface area contributed by atoms with E-state index in [1.807, 2.05) is 0 Å². The highest BCUT2D eigenvalue weighted by Gasteiger charge is 2.51. The topological polar surface area (TPSA) is 121 Å². The lowest BCUT2D eigenvalue weighted by atomic mass is 9.71. The molecule has 1 aromatic heterocycles. The quantitative estimate of drug-likeness (QED) is 0.525. The van der Waals surface area contributed by atoms with E-state index in [0.29, 0.717) is 37.6 Å². The predicted octanol–water partition coefficient (Wildman–Crippen LogP) is 3.43. The van der Waals surface area contributed by atoms with Crippen LogP contribution in [0, 0.1) is 17.2 Å². The Hall–Kier alpha value is -3.74. The normalized spacial score (nSPS) is 18.5. The number of alkyl halides is 3. The number of ether oxygens (including phenoxy) is 1. The summed E-state index contributed by atoms with van der Waals surface area (Å²) >= 11 is 0. The van der Waals surface area contributed by atoms with E-state index in [1.165, 1.54) is 12.1 Å². The second-order valence-corrected chi connectivity index (χ2v) is 8.73. The van der Waals surface area contributed by atoms with Gasteiger partial charge < -0.3 is 25.4 Å². The maximum Gasteiger partial charge on any atom is 0.490 e. The van der Waals surface area contributed by atoms with E-state index in [0.717, 1.165) is 12.8 Å². The maximum absolute atomic E-state index is 13.4. The van der Waals surface area contributed by atoms with Crippen LogP contribution in [-0.4, -0.2) is 65.4 Å². The molecule has 2 fully saturated rings. The third-order valence-corrected chi connectivity index (χ3v) is 6.24. The van der Waals surface area contributed by atoms with Crippen LogP contribution in [0.3, 0.4) is 0 Å². The number of anilines is 1. The summed E-state index contributed by atoms with van der Waals surface area (Å²) in [5.74, 6) is -3.53. The lowest BCUT2D eigenvalue weighted by Gasteiger charge is -2.37. The first-order chi connectivity index (χ1) is 17.5. The summed E-state index contributed by atoms with van der Waals surface area (Å²) in [5.41, 5.74) is 1.02. The molecule has 0 radical (unpaired) electrons. The van der Waals surface area contributed by atoms with Crippen molar-refractivity contribution in [2.45, 2.75) is 25.6 Å². The van der Waals surface area contributed by atoms with Gasteiger partial charge in [0.1, 0.15) is 5.82 Å². The zero-order valence-electron chi connectivity index (χ0n) is 19.6. The van der Waals surface area contributed by atoms with Crippen LogP contribution in [0.25, 0.3) is 0 Å². The largest absolute Gasteiger partial charge is 0.490 e. The highest BCUT2D eigenvalue weighted by atomic mass is 19.4. The second-order valence-electron chi connectivity index (χ2n) is 8.73. The number of carbonyl (C=O) groups is 3. The van der Waals surface area contributed by atoms with Crippen molar-refractivity contribution in [1.29, 1.82) is 0 Å². The van der Waals surface area contributed by atoms with Crippen LogP contribution in [0.5, 0.6) is 0 Å². The molecule has 3 amide bonds. The fourth-order valence-corrected chi connectivity index (χ4v) is 4.37. The van der Waals surface area contributed by atoms with Crippen molar-refractivity contribution >= 4 is 23.6 Å². The molecule has 9 nitrogen and oxygen atoms in total. The minimum absolute atomic E-state index is 0.106. The van der Waals surface area contributed by atoms with Crippen molar-refractivity contribution in [2.24, 2.45) is 11.3 Å². The number of nitrogens with one attached hydrogen (secondary N) is 2. The van der Waals surface area contributed by atoms with Gasteiger partial charge in [-0.1, -0.05) is 12.1 Å². The van der Waals surface area contributed by atoms with Crippen LogP contribution in [0.15, 0.2) is 48.8 Å². The maximum atomic E-state index is 13.4. The van der Waals surface area contributed by atoms with Gasteiger partial charge in [-0.15, -0.1) is 0 Å². The molecule has 37 heavy (non-hydrogen) atoms. The number of pyridine rings is 1. The number of halogens is 4. The van der Waals surface area contributed by atoms with Crippen molar-refractivity contribution in [3.8, 4) is 0 Å². The van der Waals surface area contributed by atoms with Gasteiger partial charge in [-0.05, 0) is 42.7 Å². The summed E-state index contributed by atoms with van der Waals surface area (Å²) in [6, 6.07) is 9.45. The van der Waals surface area contributed by atoms with E-state index in [-0.39, 0.29) is 35.6 Å². The van der Waals surface area contributed by atoms with E-state index in [1.54, 1.807) is 41.6 Å². The smallest absolute Gasteiger partial charge is 0.475 e. The number of benzene rings is 1. The first kappa shape index (κ1) is 27.8. The number of carboxylic acid groups (broad SMARTS) is 1. The molecule has 1 unspecified atom stereocenters. The number of hydrogen-bond donors (Lipinski definition) is 3. The number of amides is 3. The van der Waals surface area contributed by atoms with E-state index >= 15 is 0 Å². The van der Waals surface area contributed by atoms with Gasteiger partial charge in [-0.2, -0.15) is 13.2 Å². The molecule has 2 aliphatic heterocycles. The Kier molecular flexibility index (Phi) is 9.03. The van der Waals surface area contributed by atoms with Crippen LogP contribution in [0.2, 0.25) is 0 Å². The second kappa shape index (κ2) is 12.0. The third kappa shape index (κ3) is 7.62. The van der Waals surface area contributed by atoms with Gasteiger partial charge in [0.15, 0.2) is 0 Å². The van der Waals surface area contributed by atoms with Gasteiger partial charge in [0.2, 0.25) is 5.91 Å². The molecule has 1 atom stereocenters. The standard InChI is InChI=1S/C22H25FN4O3.C2HF3O2/c23-17-4-1-3-16(11-17)12-25-21(29)27-14-19(22(15-27)6-9-30-10-7-22)20(28)26-18-5-2-8-24-13-18;3-2(4,5)1(6)7/h1-5,8,11,13,19H,6-7,9-10,12,14-15H2,(H,25,29)(H,26,28);(H,6,7). The van der Waals surface area contributed by atoms with Gasteiger partial charge in [0.25, 0.3) is 0 Å². The van der Waals surface area contributed by atoms with Crippen molar-refractivity contribution < 1.29 is 41.8 Å². The zero-order valence-corrected chi connectivity index (χ0v) is 19.6. The van der Waals surface area contributed by atoms with Gasteiger partial charge in [0, 0.05) is 44.5 Å². The first-order valence-corrected chi connectivity index (χ1v) is 11.4. The molecular formula is C24H26F4N4O5. The van der Waals surface area contributed by atoms with E-state index < -0.39 is 12.1 Å². The molecule has 3 N–H and O–H groups in total. The minimum Gasteiger partial charge on any atom is -0.475 e. The molecule has 0 saturated carbocycles. The molecule has 2 aromatic rings. The van der Waals surface area contributed by atoms with Crippen molar-refractivity contribution in [3.63, 3.8) is 0 Å². The lowest BCUT2D eigenvalue weighted by Crippen LogP contribution is -2.42. The van der Waals surface area contributed by atoms with Gasteiger partial charge in [0.05, 0.1) is 17.8 Å². The number of carboxylic acids is 1. The average molecular weight is 526 g/mol. The Morgan fingerprint density at radius 2 is 1.86 bits per heavy atom. The van der Waals surface area contributed by atoms with Crippen LogP contribution in [0.4, 0.5) is 28.0 Å². The molecule has 4 rings (SSSR count). The Bertz CT molecular complexity index is 1090. The Morgan fingerprint density at radius 1 is 1.16 bits per heavy atom. The van der Waals surface area contributed by atoms with Crippen molar-refractivity contribution in [1.82, 2.24) is 15.2 Å². The zero-order chi connectivity index (χ0) is 27.1. The minimum atomic E-state index is -5.08. The van der Waals surface area contributed by atoms with Crippen LogP contribution in [0.1, 0.15) is 18.4 Å². The SMILES string of the molecule is O=C(Nc1cccnc1)C1CN(C(=O)NCc2cccc(F)c2)CC12CCOCC2.O=C(O)C(F)(F)F. The summed E-state index contributed by atoms with van der Waals surface area (Å²) in [7, 11) is 0. The molecule has 2 saturated heterocycles. The summed E-state index contributed by atoms with van der Waals surface area (Å²) < 4.78 is 50.6. The highest BCUT2D eigenvalue weighted by Crippen LogP contribution is 2.44. The van der Waals surface area contributed by atoms with Crippen molar-refractivity contribution in [3.05, 3.63) is 60.2 Å². The summed E-state index contributed by atoms with van der Waals surface area (Å²) in [6.07, 6.45) is -0.375. The van der Waals surface area contributed by atoms with Crippen LogP contribution >= 0.6 is 0 Å². The summed E-state index contributed by atoms with van der Waals surface area (Å²) in [4.78, 5) is 40.5. The highest BCUT2D eigenvalue weighted by molar-refractivity contribution is 5.94. The molecule has 1 aromatic carbocycles. The predicted molar refractivity (Wildman–Crippen MR) is 123 cm³/mol. The fourth-order valence-electron chi connectivity index (χ4n) is 4.37. The van der Waals surface area contributed by atoms with Gasteiger partial charge in [-0.25, -0.2) is 14.0 Å². The number of urea groups is 1. The van der Waals surface area contributed by atoms with Gasteiger partial charge >= 0.3 is 18.2 Å².